The average Bonchev–Trinajstić information content (AvgIpc) is 3.35. The van der Waals surface area contributed by atoms with Crippen molar-refractivity contribution in [3.8, 4) is 0 Å². The van der Waals surface area contributed by atoms with Gasteiger partial charge in [-0.3, -0.25) is 14.7 Å². The molecule has 1 aliphatic carbocycles. The third-order valence-corrected chi connectivity index (χ3v) is 4.90. The van der Waals surface area contributed by atoms with Crippen LogP contribution in [0, 0.1) is 11.8 Å². The first kappa shape index (κ1) is 15.5. The van der Waals surface area contributed by atoms with E-state index in [0.29, 0.717) is 17.5 Å². The number of pyridine rings is 1. The van der Waals surface area contributed by atoms with Crippen LogP contribution in [-0.2, 0) is 0 Å². The van der Waals surface area contributed by atoms with Crippen molar-refractivity contribution in [2.24, 2.45) is 11.8 Å². The van der Waals surface area contributed by atoms with Crippen molar-refractivity contribution in [1.82, 2.24) is 14.8 Å². The molecule has 0 radical (unpaired) electrons. The summed E-state index contributed by atoms with van der Waals surface area (Å²) in [4.78, 5) is 21.5. The molecule has 1 aliphatic heterocycles. The maximum absolute atomic E-state index is 12.7. The standard InChI is InChI=1S/C18H27N3O/c1-14(2)17-13-21(18(22)16-5-3-8-19-11-16)10-4-9-20(17)12-15-6-7-15/h3,5,8,11,14-15,17H,4,6-7,9-10,12-13H2,1-2H3/t17-/m1/s1. The number of hydrogen-bond donors (Lipinski definition) is 0. The number of amides is 1. The Balaban J connectivity index is 1.72. The van der Waals surface area contributed by atoms with Crippen LogP contribution < -0.4 is 0 Å². The first-order valence-corrected chi connectivity index (χ1v) is 8.58. The fourth-order valence-corrected chi connectivity index (χ4v) is 3.41. The molecule has 1 aromatic rings. The summed E-state index contributed by atoms with van der Waals surface area (Å²) in [5, 5.41) is 0. The minimum atomic E-state index is 0.132. The summed E-state index contributed by atoms with van der Waals surface area (Å²) in [6, 6.07) is 4.18. The molecule has 1 aromatic heterocycles. The molecule has 4 nitrogen and oxygen atoms in total. The molecule has 120 valence electrons. The highest BCUT2D eigenvalue weighted by atomic mass is 16.2. The zero-order valence-electron chi connectivity index (χ0n) is 13.7. The van der Waals surface area contributed by atoms with Crippen LogP contribution in [0.1, 0.15) is 43.5 Å². The largest absolute Gasteiger partial charge is 0.337 e. The van der Waals surface area contributed by atoms with Crippen molar-refractivity contribution in [3.05, 3.63) is 30.1 Å². The Morgan fingerprint density at radius 1 is 1.36 bits per heavy atom. The molecular weight excluding hydrogens is 274 g/mol. The third kappa shape index (κ3) is 3.67. The Morgan fingerprint density at radius 3 is 2.82 bits per heavy atom. The van der Waals surface area contributed by atoms with Gasteiger partial charge in [-0.15, -0.1) is 0 Å². The minimum absolute atomic E-state index is 0.132. The summed E-state index contributed by atoms with van der Waals surface area (Å²) in [7, 11) is 0. The summed E-state index contributed by atoms with van der Waals surface area (Å²) in [5.41, 5.74) is 0.709. The Kier molecular flexibility index (Phi) is 4.77. The molecule has 0 aromatic carbocycles. The van der Waals surface area contributed by atoms with Gasteiger partial charge >= 0.3 is 0 Å². The minimum Gasteiger partial charge on any atom is -0.337 e. The van der Waals surface area contributed by atoms with Crippen LogP contribution in [0.25, 0.3) is 0 Å². The second-order valence-electron chi connectivity index (χ2n) is 7.10. The van der Waals surface area contributed by atoms with Crippen LogP contribution in [-0.4, -0.2) is 52.9 Å². The van der Waals surface area contributed by atoms with E-state index in [1.807, 2.05) is 17.0 Å². The first-order chi connectivity index (χ1) is 10.6. The lowest BCUT2D eigenvalue weighted by molar-refractivity contribution is 0.0704. The number of hydrogen-bond acceptors (Lipinski definition) is 3. The highest BCUT2D eigenvalue weighted by molar-refractivity contribution is 5.93. The molecule has 1 saturated carbocycles. The lowest BCUT2D eigenvalue weighted by Crippen LogP contribution is -2.46. The molecule has 2 fully saturated rings. The van der Waals surface area contributed by atoms with Gasteiger partial charge in [-0.25, -0.2) is 0 Å². The van der Waals surface area contributed by atoms with Gasteiger partial charge in [0.1, 0.15) is 0 Å². The summed E-state index contributed by atoms with van der Waals surface area (Å²) >= 11 is 0. The molecular formula is C18H27N3O. The molecule has 2 heterocycles. The van der Waals surface area contributed by atoms with Crippen LogP contribution in [0.3, 0.4) is 0 Å². The summed E-state index contributed by atoms with van der Waals surface area (Å²) in [5.74, 6) is 1.61. The van der Waals surface area contributed by atoms with E-state index in [9.17, 15) is 4.79 Å². The SMILES string of the molecule is CC(C)[C@H]1CN(C(=O)c2cccnc2)CCCN1CC1CC1. The fourth-order valence-electron chi connectivity index (χ4n) is 3.41. The van der Waals surface area contributed by atoms with Gasteiger partial charge in [0.05, 0.1) is 5.56 Å². The van der Waals surface area contributed by atoms with Gasteiger partial charge in [0.15, 0.2) is 0 Å². The zero-order valence-corrected chi connectivity index (χ0v) is 13.7. The van der Waals surface area contributed by atoms with Gasteiger partial charge in [0.2, 0.25) is 0 Å². The van der Waals surface area contributed by atoms with Crippen molar-refractivity contribution >= 4 is 5.91 Å². The summed E-state index contributed by atoms with van der Waals surface area (Å²) < 4.78 is 0. The van der Waals surface area contributed by atoms with E-state index in [0.717, 1.165) is 32.0 Å². The van der Waals surface area contributed by atoms with Crippen LogP contribution in [0.5, 0.6) is 0 Å². The Hall–Kier alpha value is -1.42. The molecule has 3 rings (SSSR count). The second kappa shape index (κ2) is 6.78. The molecule has 4 heteroatoms. The monoisotopic (exact) mass is 301 g/mol. The van der Waals surface area contributed by atoms with Gasteiger partial charge in [-0.2, -0.15) is 0 Å². The lowest BCUT2D eigenvalue weighted by Gasteiger charge is -2.34. The number of aromatic nitrogens is 1. The van der Waals surface area contributed by atoms with E-state index < -0.39 is 0 Å². The van der Waals surface area contributed by atoms with Crippen molar-refractivity contribution in [3.63, 3.8) is 0 Å². The smallest absolute Gasteiger partial charge is 0.255 e. The third-order valence-electron chi connectivity index (χ3n) is 4.90. The highest BCUT2D eigenvalue weighted by Gasteiger charge is 2.33. The summed E-state index contributed by atoms with van der Waals surface area (Å²) in [6.45, 7) is 8.61. The predicted octanol–water partition coefficient (Wildman–Crippen LogP) is 2.66. The summed E-state index contributed by atoms with van der Waals surface area (Å²) in [6.07, 6.45) is 7.24. The first-order valence-electron chi connectivity index (χ1n) is 8.58. The Morgan fingerprint density at radius 2 is 2.18 bits per heavy atom. The van der Waals surface area contributed by atoms with Crippen molar-refractivity contribution in [1.29, 1.82) is 0 Å². The maximum atomic E-state index is 12.7. The molecule has 22 heavy (non-hydrogen) atoms. The van der Waals surface area contributed by atoms with Crippen molar-refractivity contribution < 1.29 is 4.79 Å². The zero-order chi connectivity index (χ0) is 15.5. The maximum Gasteiger partial charge on any atom is 0.255 e. The molecule has 0 spiro atoms. The van der Waals surface area contributed by atoms with E-state index in [4.69, 9.17) is 0 Å². The Labute approximate surface area is 133 Å². The van der Waals surface area contributed by atoms with E-state index in [-0.39, 0.29) is 5.91 Å². The molecule has 0 bridgehead atoms. The molecule has 1 saturated heterocycles. The topological polar surface area (TPSA) is 36.4 Å². The quantitative estimate of drug-likeness (QED) is 0.858. The van der Waals surface area contributed by atoms with Gasteiger partial charge in [0, 0.05) is 44.6 Å². The van der Waals surface area contributed by atoms with Gasteiger partial charge in [-0.1, -0.05) is 13.8 Å². The molecule has 0 N–H and O–H groups in total. The van der Waals surface area contributed by atoms with Crippen molar-refractivity contribution in [2.75, 3.05) is 26.2 Å². The van der Waals surface area contributed by atoms with Crippen molar-refractivity contribution in [2.45, 2.75) is 39.2 Å². The highest BCUT2D eigenvalue weighted by Crippen LogP contribution is 2.32. The number of carbonyl (C=O) groups excluding carboxylic acids is 1. The second-order valence-corrected chi connectivity index (χ2v) is 7.10. The Bertz CT molecular complexity index is 498. The van der Waals surface area contributed by atoms with Crippen LogP contribution >= 0.6 is 0 Å². The van der Waals surface area contributed by atoms with Gasteiger partial charge in [0.25, 0.3) is 5.91 Å². The predicted molar refractivity (Wildman–Crippen MR) is 87.7 cm³/mol. The van der Waals surface area contributed by atoms with E-state index in [1.165, 1.54) is 19.4 Å². The molecule has 1 atom stereocenters. The fraction of sp³-hybridized carbons (Fsp3) is 0.667. The van der Waals surface area contributed by atoms with Crippen LogP contribution in [0.4, 0.5) is 0 Å². The van der Waals surface area contributed by atoms with E-state index in [1.54, 1.807) is 12.4 Å². The van der Waals surface area contributed by atoms with Crippen LogP contribution in [0.2, 0.25) is 0 Å². The molecule has 2 aliphatic rings. The normalized spacial score (nSPS) is 23.6. The molecule has 1 amide bonds. The number of carbonyl (C=O) groups is 1. The number of nitrogens with zero attached hydrogens (tertiary/aromatic N) is 3. The average molecular weight is 301 g/mol. The van der Waals surface area contributed by atoms with Gasteiger partial charge in [-0.05, 0) is 43.2 Å². The molecule has 0 unspecified atom stereocenters. The van der Waals surface area contributed by atoms with E-state index >= 15 is 0 Å². The van der Waals surface area contributed by atoms with E-state index in [2.05, 4.69) is 23.7 Å². The van der Waals surface area contributed by atoms with Gasteiger partial charge < -0.3 is 4.90 Å². The van der Waals surface area contributed by atoms with Crippen LogP contribution in [0.15, 0.2) is 24.5 Å². The lowest BCUT2D eigenvalue weighted by atomic mass is 10.0. The number of rotatable bonds is 4.